The van der Waals surface area contributed by atoms with Crippen molar-refractivity contribution < 1.29 is 14.3 Å². The zero-order valence-corrected chi connectivity index (χ0v) is 22.9. The topological polar surface area (TPSA) is 85.4 Å². The Morgan fingerprint density at radius 1 is 1.26 bits per heavy atom. The normalized spacial score (nSPS) is 18.6. The number of aromatic amines is 1. The molecule has 7 nitrogen and oxygen atoms in total. The van der Waals surface area contributed by atoms with Gasteiger partial charge in [0.15, 0.2) is 6.29 Å². The number of aromatic nitrogens is 2. The van der Waals surface area contributed by atoms with Crippen molar-refractivity contribution in [2.24, 2.45) is 5.92 Å². The molecule has 0 bridgehead atoms. The number of aryl methyl sites for hydroxylation is 1. The average molecular weight is 518 g/mol. The van der Waals surface area contributed by atoms with Crippen LogP contribution in [0.25, 0.3) is 10.9 Å². The lowest BCUT2D eigenvalue weighted by Crippen LogP contribution is -2.36. The SMILES string of the molecule is CS.CSc1cc(C)[nH]c(=O)c1CNC(=O)c1c(C)n(C(C)C2OCC(C)CO2)c2ccccc12. The van der Waals surface area contributed by atoms with Gasteiger partial charge in [0.2, 0.25) is 0 Å². The summed E-state index contributed by atoms with van der Waals surface area (Å²) in [5, 5.41) is 3.84. The Labute approximate surface area is 216 Å². The molecule has 1 aliphatic rings. The summed E-state index contributed by atoms with van der Waals surface area (Å²) in [6.07, 6.45) is 3.25. The molecule has 1 fully saturated rings. The van der Waals surface area contributed by atoms with E-state index in [1.165, 1.54) is 11.8 Å². The van der Waals surface area contributed by atoms with Gasteiger partial charge >= 0.3 is 0 Å². The zero-order chi connectivity index (χ0) is 25.7. The fourth-order valence-electron chi connectivity index (χ4n) is 4.51. The van der Waals surface area contributed by atoms with Gasteiger partial charge in [-0.25, -0.2) is 0 Å². The predicted octanol–water partition coefficient (Wildman–Crippen LogP) is 4.71. The van der Waals surface area contributed by atoms with E-state index in [0.29, 0.717) is 30.3 Å². The minimum atomic E-state index is -0.373. The molecule has 2 aromatic heterocycles. The van der Waals surface area contributed by atoms with Gasteiger partial charge in [0.1, 0.15) is 0 Å². The second-order valence-corrected chi connectivity index (χ2v) is 9.59. The number of fused-ring (bicyclic) bond motifs is 1. The second-order valence-electron chi connectivity index (χ2n) is 8.74. The fourth-order valence-corrected chi connectivity index (χ4v) is 5.22. The molecule has 9 heteroatoms. The number of nitrogens with one attached hydrogen (secondary N) is 2. The Balaban J connectivity index is 0.00000167. The van der Waals surface area contributed by atoms with Gasteiger partial charge in [0.05, 0.1) is 24.8 Å². The number of hydrogen-bond donors (Lipinski definition) is 3. The minimum Gasteiger partial charge on any atom is -0.350 e. The molecule has 1 atom stereocenters. The lowest BCUT2D eigenvalue weighted by Gasteiger charge is -2.33. The van der Waals surface area contributed by atoms with E-state index in [1.807, 2.05) is 50.4 Å². The molecule has 1 amide bonds. The molecule has 1 aliphatic heterocycles. The summed E-state index contributed by atoms with van der Waals surface area (Å²) in [5.74, 6) is 0.161. The molecule has 1 unspecified atom stereocenters. The van der Waals surface area contributed by atoms with Crippen molar-refractivity contribution in [1.82, 2.24) is 14.9 Å². The van der Waals surface area contributed by atoms with E-state index < -0.39 is 0 Å². The quantitative estimate of drug-likeness (QED) is 0.326. The summed E-state index contributed by atoms with van der Waals surface area (Å²) in [6, 6.07) is 9.69. The summed E-state index contributed by atoms with van der Waals surface area (Å²) in [4.78, 5) is 29.6. The number of nitrogens with zero attached hydrogens (tertiary/aromatic N) is 1. The first-order chi connectivity index (χ1) is 16.8. The van der Waals surface area contributed by atoms with Crippen LogP contribution in [0.1, 0.15) is 47.2 Å². The number of H-pyrrole nitrogens is 1. The molecule has 0 radical (unpaired) electrons. The lowest BCUT2D eigenvalue weighted by molar-refractivity contribution is -0.214. The van der Waals surface area contributed by atoms with Gasteiger partial charge < -0.3 is 24.3 Å². The summed E-state index contributed by atoms with van der Waals surface area (Å²) in [7, 11) is 0. The van der Waals surface area contributed by atoms with E-state index in [9.17, 15) is 9.59 Å². The summed E-state index contributed by atoms with van der Waals surface area (Å²) in [5.41, 5.74) is 3.60. The maximum atomic E-state index is 13.4. The standard InChI is InChI=1S/C25H31N3O4S.CH4S/c1-14-12-31-25(32-13-14)17(4)28-16(3)22(18-8-6-7-9-20(18)28)24(30)26-11-19-21(33-5)10-15(2)27-23(19)29;1-2/h6-10,14,17,25H,11-13H2,1-5H3,(H,26,30)(H,27,29);2H,1H3. The largest absolute Gasteiger partial charge is 0.350 e. The third-order valence-electron chi connectivity index (χ3n) is 6.15. The number of hydrogen-bond acceptors (Lipinski definition) is 6. The van der Waals surface area contributed by atoms with Crippen molar-refractivity contribution in [3.05, 3.63) is 63.2 Å². The molecule has 0 aliphatic carbocycles. The highest BCUT2D eigenvalue weighted by molar-refractivity contribution is 7.98. The van der Waals surface area contributed by atoms with Crippen LogP contribution in [-0.2, 0) is 16.0 Å². The van der Waals surface area contributed by atoms with Crippen LogP contribution in [0.2, 0.25) is 0 Å². The summed E-state index contributed by atoms with van der Waals surface area (Å²) in [6.45, 7) is 9.42. The smallest absolute Gasteiger partial charge is 0.254 e. The summed E-state index contributed by atoms with van der Waals surface area (Å²) >= 11 is 5.03. The van der Waals surface area contributed by atoms with Crippen LogP contribution < -0.4 is 10.9 Å². The molecule has 35 heavy (non-hydrogen) atoms. The van der Waals surface area contributed by atoms with Gasteiger partial charge in [-0.15, -0.1) is 11.8 Å². The van der Waals surface area contributed by atoms with Gasteiger partial charge in [-0.2, -0.15) is 12.6 Å². The van der Waals surface area contributed by atoms with Crippen LogP contribution in [0.3, 0.4) is 0 Å². The van der Waals surface area contributed by atoms with Gasteiger partial charge in [-0.3, -0.25) is 9.59 Å². The van der Waals surface area contributed by atoms with Crippen molar-refractivity contribution >= 4 is 41.2 Å². The third-order valence-corrected chi connectivity index (χ3v) is 6.95. The number of para-hydroxylation sites is 1. The molecule has 1 aromatic carbocycles. The number of rotatable bonds is 6. The molecule has 3 heterocycles. The molecule has 3 aromatic rings. The maximum absolute atomic E-state index is 13.4. The maximum Gasteiger partial charge on any atom is 0.254 e. The van der Waals surface area contributed by atoms with E-state index in [0.717, 1.165) is 27.2 Å². The minimum absolute atomic E-state index is 0.105. The van der Waals surface area contributed by atoms with Crippen molar-refractivity contribution in [2.75, 3.05) is 25.7 Å². The lowest BCUT2D eigenvalue weighted by atomic mass is 10.1. The number of carbonyl (C=O) groups excluding carboxylic acids is 1. The predicted molar refractivity (Wildman–Crippen MR) is 146 cm³/mol. The van der Waals surface area contributed by atoms with Crippen molar-refractivity contribution in [2.45, 2.75) is 51.5 Å². The number of amides is 1. The third kappa shape index (κ3) is 5.80. The number of ether oxygens (including phenoxy) is 2. The second kappa shape index (κ2) is 12.2. The number of thioether (sulfide) groups is 1. The fraction of sp³-hybridized carbons (Fsp3) is 0.462. The molecule has 4 rings (SSSR count). The zero-order valence-electron chi connectivity index (χ0n) is 21.2. The van der Waals surface area contributed by atoms with Gasteiger partial charge in [0.25, 0.3) is 11.5 Å². The molecule has 190 valence electrons. The number of carbonyl (C=O) groups is 1. The van der Waals surface area contributed by atoms with Crippen molar-refractivity contribution in [3.8, 4) is 0 Å². The first-order valence-corrected chi connectivity index (χ1v) is 13.8. The molecule has 2 N–H and O–H groups in total. The van der Waals surface area contributed by atoms with E-state index in [-0.39, 0.29) is 30.3 Å². The Morgan fingerprint density at radius 3 is 2.57 bits per heavy atom. The van der Waals surface area contributed by atoms with Crippen molar-refractivity contribution in [1.29, 1.82) is 0 Å². The monoisotopic (exact) mass is 517 g/mol. The van der Waals surface area contributed by atoms with E-state index in [4.69, 9.17) is 9.47 Å². The number of benzene rings is 1. The highest BCUT2D eigenvalue weighted by Crippen LogP contribution is 2.32. The van der Waals surface area contributed by atoms with Gasteiger partial charge in [-0.1, -0.05) is 25.1 Å². The Hall–Kier alpha value is -2.20. The van der Waals surface area contributed by atoms with Gasteiger partial charge in [0, 0.05) is 45.2 Å². The first kappa shape index (κ1) is 27.4. The van der Waals surface area contributed by atoms with Crippen LogP contribution in [0.4, 0.5) is 0 Å². The Bertz CT molecular complexity index is 1230. The van der Waals surface area contributed by atoms with E-state index in [2.05, 4.69) is 41.3 Å². The molecule has 0 saturated carbocycles. The molecular weight excluding hydrogens is 482 g/mol. The van der Waals surface area contributed by atoms with Crippen LogP contribution in [0, 0.1) is 19.8 Å². The van der Waals surface area contributed by atoms with Crippen LogP contribution in [-0.4, -0.2) is 47.5 Å². The number of pyridine rings is 1. The average Bonchev–Trinajstić information content (AvgIpc) is 3.15. The molecular formula is C26H35N3O4S2. The Kier molecular flexibility index (Phi) is 9.52. The highest BCUT2D eigenvalue weighted by Gasteiger charge is 2.30. The van der Waals surface area contributed by atoms with Crippen molar-refractivity contribution in [3.63, 3.8) is 0 Å². The van der Waals surface area contributed by atoms with Crippen LogP contribution in [0.5, 0.6) is 0 Å². The van der Waals surface area contributed by atoms with E-state index in [1.54, 1.807) is 6.26 Å². The molecule has 0 spiro atoms. The highest BCUT2D eigenvalue weighted by atomic mass is 32.2. The molecule has 1 saturated heterocycles. The van der Waals surface area contributed by atoms with Crippen LogP contribution in [0.15, 0.2) is 40.0 Å². The van der Waals surface area contributed by atoms with Gasteiger partial charge in [-0.05, 0) is 45.4 Å². The Morgan fingerprint density at radius 2 is 1.91 bits per heavy atom. The first-order valence-electron chi connectivity index (χ1n) is 11.6. The van der Waals surface area contributed by atoms with Crippen LogP contribution >= 0.6 is 24.4 Å². The van der Waals surface area contributed by atoms with E-state index >= 15 is 0 Å². The number of thiol groups is 1. The summed E-state index contributed by atoms with van der Waals surface area (Å²) < 4.78 is 14.0.